The maximum atomic E-state index is 14.2. The molecule has 0 spiro atoms. The van der Waals surface area contributed by atoms with E-state index >= 15 is 0 Å². The molecule has 0 saturated heterocycles. The minimum absolute atomic E-state index is 0.0604. The van der Waals surface area contributed by atoms with Crippen LogP contribution in [0, 0.1) is 11.6 Å². The first-order valence-corrected chi connectivity index (χ1v) is 9.31. The number of nitrogens with zero attached hydrogens (tertiary/aromatic N) is 1. The summed E-state index contributed by atoms with van der Waals surface area (Å²) in [5, 5.41) is 0.605. The summed E-state index contributed by atoms with van der Waals surface area (Å²) in [5.74, 6) is -1.46. The first-order chi connectivity index (χ1) is 14.5. The van der Waals surface area contributed by atoms with Gasteiger partial charge in [-0.15, -0.1) is 0 Å². The topological polar surface area (TPSA) is 50.5 Å². The van der Waals surface area contributed by atoms with Crippen LogP contribution in [0.5, 0.6) is 0 Å². The highest BCUT2D eigenvalue weighted by atomic mass is 19.1. The number of carbonyl (C=O) groups excluding carboxylic acids is 1. The van der Waals surface area contributed by atoms with Gasteiger partial charge in [-0.1, -0.05) is 48.5 Å². The number of hydrogen-bond acceptors (Lipinski definition) is 3. The lowest BCUT2D eigenvalue weighted by Gasteiger charge is -2.23. The van der Waals surface area contributed by atoms with Crippen LogP contribution in [-0.2, 0) is 13.1 Å². The van der Waals surface area contributed by atoms with Crippen molar-refractivity contribution in [1.82, 2.24) is 4.90 Å². The summed E-state index contributed by atoms with van der Waals surface area (Å²) in [7, 11) is 0. The zero-order valence-electron chi connectivity index (χ0n) is 15.8. The first kappa shape index (κ1) is 19.5. The fourth-order valence-corrected chi connectivity index (χ4v) is 3.22. The van der Waals surface area contributed by atoms with Gasteiger partial charge in [0, 0.05) is 24.0 Å². The number of benzene rings is 3. The van der Waals surface area contributed by atoms with E-state index in [1.165, 1.54) is 29.2 Å². The molecule has 0 atom stereocenters. The average molecular weight is 405 g/mol. The number of rotatable bonds is 5. The summed E-state index contributed by atoms with van der Waals surface area (Å²) in [6.45, 7) is 0.00879. The molecule has 0 N–H and O–H groups in total. The molecule has 0 saturated carbocycles. The number of hydrogen-bond donors (Lipinski definition) is 0. The minimum Gasteiger partial charge on any atom is -0.422 e. The van der Waals surface area contributed by atoms with E-state index in [0.717, 1.165) is 0 Å². The molecule has 0 bridgehead atoms. The van der Waals surface area contributed by atoms with Crippen LogP contribution in [0.25, 0.3) is 11.0 Å². The van der Waals surface area contributed by atoms with E-state index in [4.69, 9.17) is 4.42 Å². The summed E-state index contributed by atoms with van der Waals surface area (Å²) in [6, 6.07) is 20.1. The van der Waals surface area contributed by atoms with Crippen LogP contribution in [0.15, 0.2) is 88.1 Å². The second-order valence-corrected chi connectivity index (χ2v) is 6.86. The molecule has 3 aromatic carbocycles. The molecular weight excluding hydrogens is 388 g/mol. The van der Waals surface area contributed by atoms with Gasteiger partial charge >= 0.3 is 5.63 Å². The Morgan fingerprint density at radius 3 is 2.33 bits per heavy atom. The van der Waals surface area contributed by atoms with Gasteiger partial charge < -0.3 is 9.32 Å². The van der Waals surface area contributed by atoms with Crippen molar-refractivity contribution in [3.05, 3.63) is 118 Å². The monoisotopic (exact) mass is 405 g/mol. The third-order valence-electron chi connectivity index (χ3n) is 4.76. The number of para-hydroxylation sites is 1. The fraction of sp³-hybridized carbons (Fsp3) is 0.0833. The number of carbonyl (C=O) groups is 1. The van der Waals surface area contributed by atoms with E-state index in [-0.39, 0.29) is 18.7 Å². The van der Waals surface area contributed by atoms with Gasteiger partial charge in [0.15, 0.2) is 0 Å². The molecule has 4 rings (SSSR count). The number of amides is 1. The van der Waals surface area contributed by atoms with Crippen LogP contribution in [0.1, 0.15) is 21.5 Å². The van der Waals surface area contributed by atoms with Crippen molar-refractivity contribution in [2.24, 2.45) is 0 Å². The van der Waals surface area contributed by atoms with Crippen LogP contribution < -0.4 is 5.63 Å². The predicted molar refractivity (Wildman–Crippen MR) is 109 cm³/mol. The Morgan fingerprint density at radius 2 is 1.57 bits per heavy atom. The molecule has 0 aliphatic rings. The van der Waals surface area contributed by atoms with E-state index in [0.29, 0.717) is 22.1 Å². The minimum atomic E-state index is -0.767. The molecule has 0 unspecified atom stereocenters. The fourth-order valence-electron chi connectivity index (χ4n) is 3.22. The van der Waals surface area contributed by atoms with Gasteiger partial charge in [-0.2, -0.15) is 0 Å². The molecule has 0 fully saturated rings. The van der Waals surface area contributed by atoms with Crippen molar-refractivity contribution in [2.45, 2.75) is 13.1 Å². The molecule has 4 nitrogen and oxygen atoms in total. The zero-order chi connectivity index (χ0) is 21.1. The van der Waals surface area contributed by atoms with Crippen LogP contribution in [0.2, 0.25) is 0 Å². The maximum absolute atomic E-state index is 14.2. The van der Waals surface area contributed by atoms with Gasteiger partial charge in [-0.05, 0) is 35.9 Å². The van der Waals surface area contributed by atoms with Gasteiger partial charge in [0.25, 0.3) is 5.91 Å². The van der Waals surface area contributed by atoms with Gasteiger partial charge in [0.2, 0.25) is 0 Å². The standard InChI is InChI=1S/C24H17F2NO3/c25-19-11-9-16(10-12-19)14-27(15-18-6-1-3-7-21(18)26)23(28)20-13-17-5-2-4-8-22(17)30-24(20)29/h1-13H,14-15H2. The van der Waals surface area contributed by atoms with E-state index in [1.807, 2.05) is 0 Å². The SMILES string of the molecule is O=C(c1cc2ccccc2oc1=O)N(Cc1ccc(F)cc1)Cc1ccccc1F. The Bertz CT molecular complexity index is 1270. The normalized spacial score (nSPS) is 10.9. The predicted octanol–water partition coefficient (Wildman–Crippen LogP) is 4.91. The summed E-state index contributed by atoms with van der Waals surface area (Å²) in [4.78, 5) is 27.1. The Labute approximate surface area is 171 Å². The van der Waals surface area contributed by atoms with Crippen molar-refractivity contribution in [3.63, 3.8) is 0 Å². The molecule has 4 aromatic rings. The van der Waals surface area contributed by atoms with E-state index in [1.54, 1.807) is 54.6 Å². The Hall–Kier alpha value is -3.80. The molecule has 6 heteroatoms. The summed E-state index contributed by atoms with van der Waals surface area (Å²) >= 11 is 0. The van der Waals surface area contributed by atoms with Crippen molar-refractivity contribution >= 4 is 16.9 Å². The Kier molecular flexibility index (Phi) is 5.39. The summed E-state index contributed by atoms with van der Waals surface area (Å²) in [6.07, 6.45) is 0. The Morgan fingerprint density at radius 1 is 0.867 bits per heavy atom. The lowest BCUT2D eigenvalue weighted by molar-refractivity contribution is 0.0724. The maximum Gasteiger partial charge on any atom is 0.349 e. The Balaban J connectivity index is 1.73. The zero-order valence-corrected chi connectivity index (χ0v) is 15.8. The second-order valence-electron chi connectivity index (χ2n) is 6.86. The molecule has 1 amide bonds. The first-order valence-electron chi connectivity index (χ1n) is 9.31. The van der Waals surface area contributed by atoms with Gasteiger partial charge in [0.1, 0.15) is 22.8 Å². The number of halogens is 2. The molecule has 150 valence electrons. The van der Waals surface area contributed by atoms with Crippen molar-refractivity contribution in [2.75, 3.05) is 0 Å². The third kappa shape index (κ3) is 4.12. The molecule has 0 radical (unpaired) electrons. The van der Waals surface area contributed by atoms with Crippen LogP contribution in [-0.4, -0.2) is 10.8 Å². The largest absolute Gasteiger partial charge is 0.422 e. The summed E-state index contributed by atoms with van der Waals surface area (Å²) < 4.78 is 32.8. The molecular formula is C24H17F2NO3. The van der Waals surface area contributed by atoms with Gasteiger partial charge in [0.05, 0.1) is 0 Å². The highest BCUT2D eigenvalue weighted by Gasteiger charge is 2.22. The molecule has 1 heterocycles. The van der Waals surface area contributed by atoms with Gasteiger partial charge in [-0.25, -0.2) is 13.6 Å². The molecule has 30 heavy (non-hydrogen) atoms. The number of fused-ring (bicyclic) bond motifs is 1. The van der Waals surface area contributed by atoms with Crippen molar-refractivity contribution < 1.29 is 18.0 Å². The average Bonchev–Trinajstić information content (AvgIpc) is 2.75. The molecule has 0 aliphatic heterocycles. The van der Waals surface area contributed by atoms with Gasteiger partial charge in [-0.3, -0.25) is 4.79 Å². The lowest BCUT2D eigenvalue weighted by atomic mass is 10.1. The second kappa shape index (κ2) is 8.29. The van der Waals surface area contributed by atoms with Crippen molar-refractivity contribution in [3.8, 4) is 0 Å². The highest BCUT2D eigenvalue weighted by Crippen LogP contribution is 2.18. The molecule has 1 aromatic heterocycles. The van der Waals surface area contributed by atoms with Crippen LogP contribution in [0.3, 0.4) is 0 Å². The lowest BCUT2D eigenvalue weighted by Crippen LogP contribution is -2.33. The third-order valence-corrected chi connectivity index (χ3v) is 4.76. The van der Waals surface area contributed by atoms with E-state index in [2.05, 4.69) is 0 Å². The quantitative estimate of drug-likeness (QED) is 0.443. The smallest absolute Gasteiger partial charge is 0.349 e. The van der Waals surface area contributed by atoms with Crippen molar-refractivity contribution in [1.29, 1.82) is 0 Å². The van der Waals surface area contributed by atoms with E-state index in [9.17, 15) is 18.4 Å². The molecule has 0 aliphatic carbocycles. The van der Waals surface area contributed by atoms with Crippen LogP contribution >= 0.6 is 0 Å². The van der Waals surface area contributed by atoms with Crippen LogP contribution in [0.4, 0.5) is 8.78 Å². The highest BCUT2D eigenvalue weighted by molar-refractivity contribution is 5.96. The summed E-state index contributed by atoms with van der Waals surface area (Å²) in [5.41, 5.74) is 0.408. The van der Waals surface area contributed by atoms with E-state index < -0.39 is 23.2 Å².